The number of nitrogens with zero attached hydrogens (tertiary/aromatic N) is 1. The van der Waals surface area contributed by atoms with Crippen LogP contribution in [0.2, 0.25) is 0 Å². The van der Waals surface area contributed by atoms with Crippen molar-refractivity contribution in [1.29, 1.82) is 0 Å². The highest BCUT2D eigenvalue weighted by atomic mass is 32.1. The highest BCUT2D eigenvalue weighted by Crippen LogP contribution is 2.07. The average molecular weight is 506 g/mol. The molecule has 0 aromatic rings. The molecule has 0 saturated carbocycles. The molecule has 0 spiro atoms. The summed E-state index contributed by atoms with van der Waals surface area (Å²) in [6.07, 6.45) is -0.413. The summed E-state index contributed by atoms with van der Waals surface area (Å²) in [5.41, 5.74) is 16.2. The van der Waals surface area contributed by atoms with Gasteiger partial charge in [-0.2, -0.15) is 12.6 Å². The van der Waals surface area contributed by atoms with Crippen LogP contribution in [0, 0.1) is 5.92 Å². The maximum absolute atomic E-state index is 12.9. The molecule has 34 heavy (non-hydrogen) atoms. The summed E-state index contributed by atoms with van der Waals surface area (Å²) in [6, 6.07) is -4.75. The summed E-state index contributed by atoms with van der Waals surface area (Å²) in [7, 11) is 0. The number of carboxylic acid groups (broad SMARTS) is 2. The molecule has 0 aliphatic rings. The van der Waals surface area contributed by atoms with Gasteiger partial charge in [0.05, 0.1) is 6.04 Å². The molecule has 0 rings (SSSR count). The van der Waals surface area contributed by atoms with Gasteiger partial charge < -0.3 is 43.4 Å². The molecule has 0 aliphatic heterocycles. The largest absolute Gasteiger partial charge is 0.481 e. The Morgan fingerprint density at radius 1 is 0.912 bits per heavy atom. The molecule has 14 nitrogen and oxygen atoms in total. The number of carbonyl (C=O) groups excluding carboxylic acids is 3. The molecule has 0 aromatic carbocycles. The van der Waals surface area contributed by atoms with E-state index >= 15 is 0 Å². The number of rotatable bonds is 16. The van der Waals surface area contributed by atoms with Crippen LogP contribution in [0.4, 0.5) is 0 Å². The zero-order valence-electron chi connectivity index (χ0n) is 19.2. The molecule has 4 atom stereocenters. The molecule has 0 aliphatic carbocycles. The molecule has 4 unspecified atom stereocenters. The Bertz CT molecular complexity index is 759. The van der Waals surface area contributed by atoms with Crippen LogP contribution in [-0.4, -0.2) is 82.3 Å². The number of nitrogens with one attached hydrogen (secondary N) is 3. The number of hydrogen-bond acceptors (Lipinski definition) is 8. The normalized spacial score (nSPS) is 14.3. The molecular weight excluding hydrogens is 470 g/mol. The van der Waals surface area contributed by atoms with Crippen LogP contribution in [0.15, 0.2) is 4.99 Å². The van der Waals surface area contributed by atoms with Crippen molar-refractivity contribution in [3.8, 4) is 0 Å². The van der Waals surface area contributed by atoms with Crippen LogP contribution < -0.4 is 33.2 Å². The van der Waals surface area contributed by atoms with E-state index in [-0.39, 0.29) is 37.5 Å². The van der Waals surface area contributed by atoms with E-state index in [1.165, 1.54) is 0 Å². The van der Waals surface area contributed by atoms with E-state index in [0.29, 0.717) is 0 Å². The summed E-state index contributed by atoms with van der Waals surface area (Å²) in [6.45, 7) is 3.33. The van der Waals surface area contributed by atoms with Crippen molar-refractivity contribution < 1.29 is 34.2 Å². The van der Waals surface area contributed by atoms with Crippen molar-refractivity contribution >= 4 is 48.2 Å². The zero-order chi connectivity index (χ0) is 26.4. The van der Waals surface area contributed by atoms with Crippen molar-refractivity contribution in [3.05, 3.63) is 0 Å². The van der Waals surface area contributed by atoms with E-state index in [1.807, 2.05) is 0 Å². The van der Waals surface area contributed by atoms with Crippen LogP contribution in [0.1, 0.15) is 39.5 Å². The molecule has 0 heterocycles. The third-order valence-corrected chi connectivity index (χ3v) is 5.02. The number of aliphatic imine (C=N–C) groups is 1. The van der Waals surface area contributed by atoms with Gasteiger partial charge >= 0.3 is 11.9 Å². The molecule has 0 fully saturated rings. The van der Waals surface area contributed by atoms with Crippen LogP contribution >= 0.6 is 12.6 Å². The van der Waals surface area contributed by atoms with Crippen molar-refractivity contribution in [2.75, 3.05) is 12.3 Å². The van der Waals surface area contributed by atoms with Gasteiger partial charge in [0.25, 0.3) is 0 Å². The van der Waals surface area contributed by atoms with Gasteiger partial charge in [-0.25, -0.2) is 4.79 Å². The first-order valence-electron chi connectivity index (χ1n) is 10.6. The minimum absolute atomic E-state index is 0.0175. The first-order valence-corrected chi connectivity index (χ1v) is 11.2. The van der Waals surface area contributed by atoms with Crippen LogP contribution in [-0.2, 0) is 24.0 Å². The van der Waals surface area contributed by atoms with Gasteiger partial charge in [-0.3, -0.25) is 24.2 Å². The van der Waals surface area contributed by atoms with E-state index in [4.69, 9.17) is 22.3 Å². The Morgan fingerprint density at radius 2 is 1.44 bits per heavy atom. The molecule has 194 valence electrons. The first-order chi connectivity index (χ1) is 15.8. The number of carbonyl (C=O) groups is 5. The molecule has 3 amide bonds. The van der Waals surface area contributed by atoms with Crippen LogP contribution in [0.5, 0.6) is 0 Å². The Labute approximate surface area is 202 Å². The lowest BCUT2D eigenvalue weighted by molar-refractivity contribution is -0.144. The number of aliphatic carboxylic acids is 2. The summed E-state index contributed by atoms with van der Waals surface area (Å²) < 4.78 is 0. The third-order valence-electron chi connectivity index (χ3n) is 4.62. The number of carboxylic acids is 2. The van der Waals surface area contributed by atoms with Gasteiger partial charge in [-0.15, -0.1) is 0 Å². The summed E-state index contributed by atoms with van der Waals surface area (Å²) in [5.74, 6) is -5.41. The minimum atomic E-state index is -1.36. The van der Waals surface area contributed by atoms with Gasteiger partial charge in [0.15, 0.2) is 5.96 Å². The van der Waals surface area contributed by atoms with Gasteiger partial charge in [0, 0.05) is 18.7 Å². The van der Waals surface area contributed by atoms with Crippen molar-refractivity contribution in [3.63, 3.8) is 0 Å². The topological polar surface area (TPSA) is 252 Å². The van der Waals surface area contributed by atoms with E-state index in [9.17, 15) is 29.1 Å². The van der Waals surface area contributed by atoms with E-state index < -0.39 is 66.2 Å². The van der Waals surface area contributed by atoms with Crippen LogP contribution in [0.3, 0.4) is 0 Å². The lowest BCUT2D eigenvalue weighted by Crippen LogP contribution is -2.57. The SMILES string of the molecule is CC(C)C(NC(=O)C(CCC(=O)O)NC(=O)C(CCCN=C(N)N)NC(=O)C(N)CS)C(=O)O. The molecule has 11 N–H and O–H groups in total. The summed E-state index contributed by atoms with van der Waals surface area (Å²) >= 11 is 3.94. The predicted octanol–water partition coefficient (Wildman–Crippen LogP) is -2.64. The summed E-state index contributed by atoms with van der Waals surface area (Å²) in [5, 5.41) is 25.5. The Morgan fingerprint density at radius 3 is 1.91 bits per heavy atom. The maximum Gasteiger partial charge on any atom is 0.326 e. The fourth-order valence-corrected chi connectivity index (χ4v) is 2.88. The Balaban J connectivity index is 5.59. The fourth-order valence-electron chi connectivity index (χ4n) is 2.71. The second kappa shape index (κ2) is 15.7. The number of hydrogen-bond donors (Lipinski definition) is 9. The maximum atomic E-state index is 12.9. The number of thiol groups is 1. The molecular formula is C19H35N7O7S. The van der Waals surface area contributed by atoms with E-state index in [0.717, 1.165) is 0 Å². The third kappa shape index (κ3) is 12.2. The quantitative estimate of drug-likeness (QED) is 0.0456. The van der Waals surface area contributed by atoms with Gasteiger partial charge in [0.1, 0.15) is 18.1 Å². The smallest absolute Gasteiger partial charge is 0.326 e. The summed E-state index contributed by atoms with van der Waals surface area (Å²) in [4.78, 5) is 64.0. The molecule has 0 radical (unpaired) electrons. The van der Waals surface area contributed by atoms with Gasteiger partial charge in [-0.1, -0.05) is 13.8 Å². The van der Waals surface area contributed by atoms with Crippen molar-refractivity contribution in [2.45, 2.75) is 63.7 Å². The van der Waals surface area contributed by atoms with Crippen LogP contribution in [0.25, 0.3) is 0 Å². The van der Waals surface area contributed by atoms with Gasteiger partial charge in [-0.05, 0) is 25.2 Å². The average Bonchev–Trinajstić information content (AvgIpc) is 2.74. The lowest BCUT2D eigenvalue weighted by Gasteiger charge is -2.25. The lowest BCUT2D eigenvalue weighted by atomic mass is 10.0. The molecule has 0 bridgehead atoms. The number of guanidine groups is 1. The number of amides is 3. The second-order valence-electron chi connectivity index (χ2n) is 7.86. The Kier molecular flexibility index (Phi) is 14.3. The molecule has 0 saturated heterocycles. The standard InChI is InChI=1S/C19H35N7O7S/c1-9(2)14(18(32)33)26-17(31)12(5-6-13(27)28)25-16(30)11(4-3-7-23-19(21)22)24-15(29)10(20)8-34/h9-12,14,34H,3-8,20H2,1-2H3,(H,24,29)(H,25,30)(H,26,31)(H,27,28)(H,32,33)(H4,21,22,23). The number of nitrogens with two attached hydrogens (primary N) is 3. The van der Waals surface area contributed by atoms with Crippen molar-refractivity contribution in [1.82, 2.24) is 16.0 Å². The second-order valence-corrected chi connectivity index (χ2v) is 8.23. The monoisotopic (exact) mass is 505 g/mol. The van der Waals surface area contributed by atoms with Gasteiger partial charge in [0.2, 0.25) is 17.7 Å². The molecule has 15 heteroatoms. The molecule has 0 aromatic heterocycles. The Hall–Kier alpha value is -3.07. The predicted molar refractivity (Wildman–Crippen MR) is 127 cm³/mol. The highest BCUT2D eigenvalue weighted by Gasteiger charge is 2.31. The van der Waals surface area contributed by atoms with E-state index in [1.54, 1.807) is 13.8 Å². The zero-order valence-corrected chi connectivity index (χ0v) is 20.1. The van der Waals surface area contributed by atoms with Crippen molar-refractivity contribution in [2.24, 2.45) is 28.1 Å². The first kappa shape index (κ1) is 30.9. The minimum Gasteiger partial charge on any atom is -0.481 e. The van der Waals surface area contributed by atoms with E-state index in [2.05, 4.69) is 33.6 Å². The fraction of sp³-hybridized carbons (Fsp3) is 0.684. The highest BCUT2D eigenvalue weighted by molar-refractivity contribution is 7.80.